The average molecular weight is 469 g/mol. The van der Waals surface area contributed by atoms with Gasteiger partial charge in [0.1, 0.15) is 18.7 Å². The van der Waals surface area contributed by atoms with E-state index in [1.165, 1.54) is 0 Å². The number of carbonyl (C=O) groups excluding carboxylic acids is 3. The first-order valence-corrected chi connectivity index (χ1v) is 11.1. The summed E-state index contributed by atoms with van der Waals surface area (Å²) >= 11 is 0. The van der Waals surface area contributed by atoms with E-state index in [0.717, 1.165) is 29.4 Å². The van der Waals surface area contributed by atoms with Crippen LogP contribution in [0, 0.1) is 0 Å². The standard InChI is InChI=1S/C25H28N2O7/c1-3-8-20(23(29)26-21(24(30)31)13-22(28)33-2)27-25(32)34-14-19-17-11-6-4-9-15(17)16-10-5-7-12-18(16)19/h4-7,9-12,19-21H,3,8,13-14H2,1-2H3,(H,26,29)(H,27,32)(H,30,31)/t20?,21-/m0/s1. The number of benzene rings is 2. The number of carboxylic acids is 1. The van der Waals surface area contributed by atoms with Gasteiger partial charge in [0.25, 0.3) is 0 Å². The van der Waals surface area contributed by atoms with Gasteiger partial charge in [-0.15, -0.1) is 0 Å². The molecule has 0 aromatic heterocycles. The summed E-state index contributed by atoms with van der Waals surface area (Å²) in [6.45, 7) is 1.91. The lowest BCUT2D eigenvalue weighted by molar-refractivity contribution is -0.149. The second-order valence-electron chi connectivity index (χ2n) is 7.99. The van der Waals surface area contributed by atoms with Crippen LogP contribution in [0.2, 0.25) is 0 Å². The fourth-order valence-corrected chi connectivity index (χ4v) is 4.06. The number of carbonyl (C=O) groups is 4. The average Bonchev–Trinajstić information content (AvgIpc) is 3.15. The zero-order valence-electron chi connectivity index (χ0n) is 19.1. The largest absolute Gasteiger partial charge is 0.480 e. The van der Waals surface area contributed by atoms with Crippen LogP contribution >= 0.6 is 0 Å². The second kappa shape index (κ2) is 11.3. The SMILES string of the molecule is CCCC(NC(=O)OCC1c2ccccc2-c2ccccc21)C(=O)N[C@@H](CC(=O)OC)C(=O)O. The zero-order valence-corrected chi connectivity index (χ0v) is 19.1. The molecule has 2 aromatic rings. The van der Waals surface area contributed by atoms with Gasteiger partial charge in [-0.25, -0.2) is 9.59 Å². The van der Waals surface area contributed by atoms with Gasteiger partial charge in [0.05, 0.1) is 13.5 Å². The number of aliphatic carboxylic acids is 1. The predicted octanol–water partition coefficient (Wildman–Crippen LogP) is 2.83. The van der Waals surface area contributed by atoms with E-state index in [-0.39, 0.29) is 18.9 Å². The highest BCUT2D eigenvalue weighted by molar-refractivity contribution is 5.91. The van der Waals surface area contributed by atoms with Crippen LogP contribution in [-0.2, 0) is 23.9 Å². The Kier molecular flexibility index (Phi) is 8.24. The minimum Gasteiger partial charge on any atom is -0.480 e. The van der Waals surface area contributed by atoms with Crippen molar-refractivity contribution in [2.45, 2.75) is 44.2 Å². The van der Waals surface area contributed by atoms with Crippen molar-refractivity contribution in [1.29, 1.82) is 0 Å². The summed E-state index contributed by atoms with van der Waals surface area (Å²) in [5, 5.41) is 14.1. The highest BCUT2D eigenvalue weighted by atomic mass is 16.5. The van der Waals surface area contributed by atoms with Gasteiger partial charge >= 0.3 is 18.0 Å². The lowest BCUT2D eigenvalue weighted by Gasteiger charge is -2.21. The molecule has 180 valence electrons. The van der Waals surface area contributed by atoms with E-state index in [2.05, 4.69) is 15.4 Å². The van der Waals surface area contributed by atoms with E-state index in [4.69, 9.17) is 4.74 Å². The number of amides is 2. The van der Waals surface area contributed by atoms with Crippen LogP contribution in [0.1, 0.15) is 43.2 Å². The molecule has 0 aliphatic heterocycles. The van der Waals surface area contributed by atoms with Gasteiger partial charge in [0, 0.05) is 5.92 Å². The van der Waals surface area contributed by atoms with Crippen LogP contribution in [-0.4, -0.2) is 54.8 Å². The van der Waals surface area contributed by atoms with Crippen LogP contribution in [0.5, 0.6) is 0 Å². The quantitative estimate of drug-likeness (QED) is 0.457. The summed E-state index contributed by atoms with van der Waals surface area (Å²) in [7, 11) is 1.13. The molecule has 0 saturated heterocycles. The number of carboxylic acid groups (broad SMARTS) is 1. The Morgan fingerprint density at radius 2 is 1.53 bits per heavy atom. The molecule has 9 heteroatoms. The van der Waals surface area contributed by atoms with Crippen molar-refractivity contribution in [2.75, 3.05) is 13.7 Å². The monoisotopic (exact) mass is 468 g/mol. The van der Waals surface area contributed by atoms with Crippen molar-refractivity contribution < 1.29 is 33.8 Å². The summed E-state index contributed by atoms with van der Waals surface area (Å²) in [5.41, 5.74) is 4.32. The maximum atomic E-state index is 12.6. The number of ether oxygens (including phenoxy) is 2. The number of alkyl carbamates (subject to hydrolysis) is 1. The molecule has 3 rings (SSSR count). The molecule has 3 N–H and O–H groups in total. The Bertz CT molecular complexity index is 1020. The van der Waals surface area contributed by atoms with Crippen LogP contribution in [0.3, 0.4) is 0 Å². The third-order valence-corrected chi connectivity index (χ3v) is 5.74. The van der Waals surface area contributed by atoms with E-state index in [0.29, 0.717) is 6.42 Å². The Labute approximate surface area is 197 Å². The summed E-state index contributed by atoms with van der Waals surface area (Å²) in [6, 6.07) is 13.4. The molecule has 1 aliphatic carbocycles. The van der Waals surface area contributed by atoms with E-state index in [1.807, 2.05) is 55.5 Å². The van der Waals surface area contributed by atoms with Crippen molar-refractivity contribution in [3.05, 3.63) is 59.7 Å². The normalized spacial score (nSPS) is 13.7. The van der Waals surface area contributed by atoms with Gasteiger partial charge in [0.2, 0.25) is 5.91 Å². The lowest BCUT2D eigenvalue weighted by Crippen LogP contribution is -2.52. The highest BCUT2D eigenvalue weighted by Crippen LogP contribution is 2.44. The summed E-state index contributed by atoms with van der Waals surface area (Å²) in [4.78, 5) is 48.0. The molecule has 0 radical (unpaired) electrons. The van der Waals surface area contributed by atoms with Crippen molar-refractivity contribution in [1.82, 2.24) is 10.6 Å². The van der Waals surface area contributed by atoms with Gasteiger partial charge in [0.15, 0.2) is 0 Å². The number of rotatable bonds is 10. The second-order valence-corrected chi connectivity index (χ2v) is 7.99. The van der Waals surface area contributed by atoms with E-state index < -0.39 is 42.4 Å². The molecule has 1 aliphatic rings. The molecule has 0 fully saturated rings. The fourth-order valence-electron chi connectivity index (χ4n) is 4.06. The zero-order chi connectivity index (χ0) is 24.7. The smallest absolute Gasteiger partial charge is 0.407 e. The van der Waals surface area contributed by atoms with Crippen LogP contribution < -0.4 is 10.6 Å². The third-order valence-electron chi connectivity index (χ3n) is 5.74. The number of fused-ring (bicyclic) bond motifs is 3. The number of methoxy groups -OCH3 is 1. The Morgan fingerprint density at radius 1 is 0.941 bits per heavy atom. The third kappa shape index (κ3) is 5.72. The molecule has 2 amide bonds. The fraction of sp³-hybridized carbons (Fsp3) is 0.360. The molecular formula is C25H28N2O7. The molecule has 1 unspecified atom stereocenters. The summed E-state index contributed by atoms with van der Waals surface area (Å²) < 4.78 is 9.95. The van der Waals surface area contributed by atoms with E-state index >= 15 is 0 Å². The van der Waals surface area contributed by atoms with Gasteiger partial charge in [-0.3, -0.25) is 9.59 Å². The maximum absolute atomic E-state index is 12.6. The Balaban J connectivity index is 1.63. The highest BCUT2D eigenvalue weighted by Gasteiger charge is 2.31. The first-order chi connectivity index (χ1) is 16.3. The molecule has 0 bridgehead atoms. The van der Waals surface area contributed by atoms with E-state index in [1.54, 1.807) is 0 Å². The number of nitrogens with one attached hydrogen (secondary N) is 2. The minimum atomic E-state index is -1.47. The maximum Gasteiger partial charge on any atom is 0.407 e. The Hall–Kier alpha value is -3.88. The molecule has 9 nitrogen and oxygen atoms in total. The van der Waals surface area contributed by atoms with Crippen LogP contribution in [0.4, 0.5) is 4.79 Å². The molecular weight excluding hydrogens is 440 g/mol. The predicted molar refractivity (Wildman–Crippen MR) is 123 cm³/mol. The summed E-state index contributed by atoms with van der Waals surface area (Å²) in [5.74, 6) is -3.00. The number of hydrogen-bond donors (Lipinski definition) is 3. The molecule has 0 saturated carbocycles. The molecule has 2 atom stereocenters. The topological polar surface area (TPSA) is 131 Å². The number of hydrogen-bond acceptors (Lipinski definition) is 6. The molecule has 2 aromatic carbocycles. The lowest BCUT2D eigenvalue weighted by atomic mass is 9.98. The summed E-state index contributed by atoms with van der Waals surface area (Å²) in [6.07, 6.45) is -0.492. The van der Waals surface area contributed by atoms with E-state index in [9.17, 15) is 24.3 Å². The Morgan fingerprint density at radius 3 is 2.06 bits per heavy atom. The van der Waals surface area contributed by atoms with Crippen molar-refractivity contribution in [2.24, 2.45) is 0 Å². The van der Waals surface area contributed by atoms with Crippen molar-refractivity contribution in [3.63, 3.8) is 0 Å². The van der Waals surface area contributed by atoms with Gasteiger partial charge in [-0.1, -0.05) is 61.9 Å². The minimum absolute atomic E-state index is 0.0837. The van der Waals surface area contributed by atoms with Crippen molar-refractivity contribution in [3.8, 4) is 11.1 Å². The first-order valence-electron chi connectivity index (χ1n) is 11.1. The first kappa shape index (κ1) is 24.8. The number of esters is 1. The molecule has 0 heterocycles. The van der Waals surface area contributed by atoms with Gasteiger partial charge in [-0.05, 0) is 28.7 Å². The van der Waals surface area contributed by atoms with Crippen LogP contribution in [0.15, 0.2) is 48.5 Å². The van der Waals surface area contributed by atoms with Gasteiger partial charge in [-0.2, -0.15) is 0 Å². The van der Waals surface area contributed by atoms with Gasteiger partial charge < -0.3 is 25.2 Å². The van der Waals surface area contributed by atoms with Crippen molar-refractivity contribution >= 4 is 23.9 Å². The molecule has 0 spiro atoms. The molecule has 34 heavy (non-hydrogen) atoms. The van der Waals surface area contributed by atoms with Crippen LogP contribution in [0.25, 0.3) is 11.1 Å².